The van der Waals surface area contributed by atoms with Gasteiger partial charge in [-0.1, -0.05) is 5.57 Å². The number of hydrogen-bond donors (Lipinski definition) is 1. The molecule has 0 radical (unpaired) electrons. The zero-order valence-electron chi connectivity index (χ0n) is 7.92. The van der Waals surface area contributed by atoms with E-state index < -0.39 is 0 Å². The molecule has 4 heteroatoms. The lowest BCUT2D eigenvalue weighted by Crippen LogP contribution is -2.44. The Balaban J connectivity index is 2.19. The van der Waals surface area contributed by atoms with Gasteiger partial charge in [-0.3, -0.25) is 10.6 Å². The molecular weight excluding hydrogens is 166 g/mol. The summed E-state index contributed by atoms with van der Waals surface area (Å²) in [7, 11) is 1.85. The first-order valence-corrected chi connectivity index (χ1v) is 4.60. The molecule has 0 aromatic rings. The van der Waals surface area contributed by atoms with Crippen molar-refractivity contribution in [1.29, 1.82) is 0 Å². The summed E-state index contributed by atoms with van der Waals surface area (Å²) >= 11 is 0. The summed E-state index contributed by atoms with van der Waals surface area (Å²) in [5.41, 5.74) is 2.67. The van der Waals surface area contributed by atoms with Gasteiger partial charge in [-0.25, -0.2) is 5.01 Å². The zero-order valence-corrected chi connectivity index (χ0v) is 7.92. The van der Waals surface area contributed by atoms with Gasteiger partial charge in [0.05, 0.1) is 0 Å². The quantitative estimate of drug-likeness (QED) is 0.413. The molecule has 0 fully saturated rings. The van der Waals surface area contributed by atoms with E-state index in [1.807, 2.05) is 12.1 Å². The van der Waals surface area contributed by atoms with Crippen LogP contribution in [-0.2, 0) is 4.79 Å². The SMILES string of the molecule is CN1CC2=C(CCN(N)C2)CC1=O. The lowest BCUT2D eigenvalue weighted by atomic mass is 9.94. The number of carbonyl (C=O) groups excluding carboxylic acids is 1. The van der Waals surface area contributed by atoms with Crippen molar-refractivity contribution < 1.29 is 4.79 Å². The van der Waals surface area contributed by atoms with E-state index in [2.05, 4.69) is 0 Å². The lowest BCUT2D eigenvalue weighted by Gasteiger charge is -2.34. The van der Waals surface area contributed by atoms with Gasteiger partial charge in [0.1, 0.15) is 0 Å². The number of nitrogens with zero attached hydrogens (tertiary/aromatic N) is 2. The summed E-state index contributed by atoms with van der Waals surface area (Å²) in [6.07, 6.45) is 1.57. The Morgan fingerprint density at radius 1 is 1.31 bits per heavy atom. The molecule has 72 valence electrons. The van der Waals surface area contributed by atoms with Crippen molar-refractivity contribution in [1.82, 2.24) is 9.91 Å². The molecule has 2 aliphatic rings. The van der Waals surface area contributed by atoms with Crippen LogP contribution < -0.4 is 5.84 Å². The van der Waals surface area contributed by atoms with E-state index in [0.29, 0.717) is 6.42 Å². The molecular formula is C9H15N3O. The Kier molecular flexibility index (Phi) is 2.09. The fourth-order valence-corrected chi connectivity index (χ4v) is 1.96. The number of nitrogens with two attached hydrogens (primary N) is 1. The minimum absolute atomic E-state index is 0.240. The van der Waals surface area contributed by atoms with E-state index in [0.717, 1.165) is 26.1 Å². The van der Waals surface area contributed by atoms with Crippen LogP contribution in [0.2, 0.25) is 0 Å². The summed E-state index contributed by atoms with van der Waals surface area (Å²) < 4.78 is 0. The maximum Gasteiger partial charge on any atom is 0.226 e. The van der Waals surface area contributed by atoms with Gasteiger partial charge in [0.2, 0.25) is 5.91 Å². The van der Waals surface area contributed by atoms with Crippen molar-refractivity contribution >= 4 is 5.91 Å². The van der Waals surface area contributed by atoms with Gasteiger partial charge < -0.3 is 4.90 Å². The average Bonchev–Trinajstić information content (AvgIpc) is 2.08. The zero-order chi connectivity index (χ0) is 9.42. The average molecular weight is 181 g/mol. The molecule has 0 aromatic carbocycles. The Morgan fingerprint density at radius 2 is 2.08 bits per heavy atom. The van der Waals surface area contributed by atoms with Crippen LogP contribution in [0, 0.1) is 0 Å². The number of rotatable bonds is 0. The number of hydrogen-bond acceptors (Lipinski definition) is 3. The standard InChI is InChI=1S/C9H15N3O/c1-11-5-8-6-12(10)3-2-7(8)4-9(11)13/h2-6,10H2,1H3. The first-order chi connectivity index (χ1) is 6.16. The van der Waals surface area contributed by atoms with Crippen molar-refractivity contribution in [2.75, 3.05) is 26.7 Å². The maximum absolute atomic E-state index is 11.4. The molecule has 0 bridgehead atoms. The molecule has 2 rings (SSSR count). The number of hydrazine groups is 1. The molecule has 13 heavy (non-hydrogen) atoms. The molecule has 1 amide bonds. The van der Waals surface area contributed by atoms with E-state index >= 15 is 0 Å². The molecule has 2 N–H and O–H groups in total. The van der Waals surface area contributed by atoms with Crippen LogP contribution >= 0.6 is 0 Å². The molecule has 0 spiro atoms. The lowest BCUT2D eigenvalue weighted by molar-refractivity contribution is -0.129. The fourth-order valence-electron chi connectivity index (χ4n) is 1.96. The highest BCUT2D eigenvalue weighted by Crippen LogP contribution is 2.24. The van der Waals surface area contributed by atoms with Crippen molar-refractivity contribution in [3.63, 3.8) is 0 Å². The highest BCUT2D eigenvalue weighted by molar-refractivity contribution is 5.80. The second-order valence-corrected chi connectivity index (χ2v) is 3.85. The molecule has 0 saturated heterocycles. The summed E-state index contributed by atoms with van der Waals surface area (Å²) in [6, 6.07) is 0. The van der Waals surface area contributed by atoms with Gasteiger partial charge in [0.15, 0.2) is 0 Å². The molecule has 0 aromatic heterocycles. The van der Waals surface area contributed by atoms with Gasteiger partial charge in [0.25, 0.3) is 0 Å². The van der Waals surface area contributed by atoms with E-state index in [1.165, 1.54) is 11.1 Å². The van der Waals surface area contributed by atoms with Crippen LogP contribution in [0.5, 0.6) is 0 Å². The summed E-state index contributed by atoms with van der Waals surface area (Å²) in [5, 5.41) is 1.82. The monoisotopic (exact) mass is 181 g/mol. The van der Waals surface area contributed by atoms with Crippen LogP contribution in [0.25, 0.3) is 0 Å². The van der Waals surface area contributed by atoms with Gasteiger partial charge in [-0.15, -0.1) is 0 Å². The Morgan fingerprint density at radius 3 is 2.85 bits per heavy atom. The smallest absolute Gasteiger partial charge is 0.226 e. The van der Waals surface area contributed by atoms with E-state index in [-0.39, 0.29) is 5.91 Å². The van der Waals surface area contributed by atoms with Gasteiger partial charge in [0, 0.05) is 33.1 Å². The van der Waals surface area contributed by atoms with Gasteiger partial charge in [-0.05, 0) is 12.0 Å². The van der Waals surface area contributed by atoms with Crippen LogP contribution in [0.15, 0.2) is 11.1 Å². The molecule has 0 aliphatic carbocycles. The van der Waals surface area contributed by atoms with E-state index in [1.54, 1.807) is 4.90 Å². The second-order valence-electron chi connectivity index (χ2n) is 3.85. The number of amides is 1. The molecule has 0 unspecified atom stereocenters. The number of carbonyl (C=O) groups is 1. The fraction of sp³-hybridized carbons (Fsp3) is 0.667. The Labute approximate surface area is 77.9 Å². The molecule has 0 atom stereocenters. The predicted molar refractivity (Wildman–Crippen MR) is 49.7 cm³/mol. The maximum atomic E-state index is 11.4. The highest BCUT2D eigenvalue weighted by atomic mass is 16.2. The predicted octanol–water partition coefficient (Wildman–Crippen LogP) is -0.275. The first-order valence-electron chi connectivity index (χ1n) is 4.60. The summed E-state index contributed by atoms with van der Waals surface area (Å²) in [4.78, 5) is 13.2. The molecule has 4 nitrogen and oxygen atoms in total. The van der Waals surface area contributed by atoms with Crippen LogP contribution in [0.4, 0.5) is 0 Å². The first kappa shape index (κ1) is 8.72. The Hall–Kier alpha value is -0.870. The van der Waals surface area contributed by atoms with Gasteiger partial charge in [-0.2, -0.15) is 0 Å². The van der Waals surface area contributed by atoms with E-state index in [9.17, 15) is 4.79 Å². The number of likely N-dealkylation sites (N-methyl/N-ethyl adjacent to an activating group) is 1. The summed E-state index contributed by atoms with van der Waals surface area (Å²) in [6.45, 7) is 2.48. The topological polar surface area (TPSA) is 49.6 Å². The van der Waals surface area contributed by atoms with Crippen molar-refractivity contribution in [2.24, 2.45) is 5.84 Å². The third-order valence-corrected chi connectivity index (χ3v) is 2.81. The van der Waals surface area contributed by atoms with Crippen LogP contribution in [0.1, 0.15) is 12.8 Å². The van der Waals surface area contributed by atoms with E-state index in [4.69, 9.17) is 5.84 Å². The molecule has 0 saturated carbocycles. The second kappa shape index (κ2) is 3.12. The summed E-state index contributed by atoms with van der Waals surface area (Å²) in [5.74, 6) is 5.96. The van der Waals surface area contributed by atoms with Crippen molar-refractivity contribution in [2.45, 2.75) is 12.8 Å². The van der Waals surface area contributed by atoms with Gasteiger partial charge >= 0.3 is 0 Å². The Bertz CT molecular complexity index is 272. The largest absolute Gasteiger partial charge is 0.341 e. The van der Waals surface area contributed by atoms with Crippen LogP contribution in [-0.4, -0.2) is 42.5 Å². The highest BCUT2D eigenvalue weighted by Gasteiger charge is 2.25. The van der Waals surface area contributed by atoms with Crippen molar-refractivity contribution in [3.05, 3.63) is 11.1 Å². The van der Waals surface area contributed by atoms with Crippen molar-refractivity contribution in [3.8, 4) is 0 Å². The normalized spacial score (nSPS) is 25.1. The minimum Gasteiger partial charge on any atom is -0.341 e. The molecule has 2 heterocycles. The third-order valence-electron chi connectivity index (χ3n) is 2.81. The van der Waals surface area contributed by atoms with Crippen LogP contribution in [0.3, 0.4) is 0 Å². The molecule has 2 aliphatic heterocycles. The third kappa shape index (κ3) is 1.59. The minimum atomic E-state index is 0.240.